The molecule has 0 saturated carbocycles. The molecule has 0 spiro atoms. The molecule has 3 N–H and O–H groups in total. The van der Waals surface area contributed by atoms with Crippen LogP contribution in [0.5, 0.6) is 0 Å². The molecule has 0 radical (unpaired) electrons. The van der Waals surface area contributed by atoms with Crippen LogP contribution in [0.2, 0.25) is 5.02 Å². The molecular formula is C19H16ClF2N7S. The zero-order valence-corrected chi connectivity index (χ0v) is 17.1. The van der Waals surface area contributed by atoms with Crippen LogP contribution >= 0.6 is 23.5 Å². The Balaban J connectivity index is 1.68. The van der Waals surface area contributed by atoms with Crippen LogP contribution in [0.4, 0.5) is 26.0 Å². The molecule has 0 bridgehead atoms. The molecule has 0 aliphatic rings. The fourth-order valence-electron chi connectivity index (χ4n) is 2.79. The van der Waals surface area contributed by atoms with E-state index in [0.29, 0.717) is 40.4 Å². The molecule has 0 aliphatic heterocycles. The largest absolute Gasteiger partial charge is 0.341 e. The second-order valence-corrected chi connectivity index (χ2v) is 7.43. The Bertz CT molecular complexity index is 1170. The van der Waals surface area contributed by atoms with E-state index in [1.54, 1.807) is 24.4 Å². The third kappa shape index (κ3) is 4.14. The molecule has 7 nitrogen and oxygen atoms in total. The molecule has 4 rings (SSSR count). The maximum Gasteiger partial charge on any atom is 0.181 e. The van der Waals surface area contributed by atoms with Gasteiger partial charge in [-0.1, -0.05) is 23.5 Å². The number of aromatic amines is 1. The van der Waals surface area contributed by atoms with E-state index in [4.69, 9.17) is 11.6 Å². The standard InChI is InChI=1S/C19H16ClF2N7S/c20-12-4-5-13(29-30-8-2-6-21)14(22)16(12)28-18-11(3-1-7-23-18)15-17-19(26-9-24-15)27-10-25-17/h1,3-5,7,9-10,29H,2,6,8H2,(H,23,28)(H,24,25,26,27). The van der Waals surface area contributed by atoms with Gasteiger partial charge in [-0.2, -0.15) is 0 Å². The highest BCUT2D eigenvalue weighted by Crippen LogP contribution is 2.36. The van der Waals surface area contributed by atoms with Crippen molar-refractivity contribution in [3.05, 3.63) is 54.0 Å². The van der Waals surface area contributed by atoms with Crippen molar-refractivity contribution < 1.29 is 8.78 Å². The summed E-state index contributed by atoms with van der Waals surface area (Å²) in [6.45, 7) is -0.417. The Labute approximate surface area is 179 Å². The minimum absolute atomic E-state index is 0.0719. The number of hydrogen-bond donors (Lipinski definition) is 3. The second-order valence-electron chi connectivity index (χ2n) is 6.12. The zero-order chi connectivity index (χ0) is 20.9. The van der Waals surface area contributed by atoms with E-state index in [9.17, 15) is 4.39 Å². The predicted octanol–water partition coefficient (Wildman–Crippen LogP) is 5.37. The molecule has 0 atom stereocenters. The first-order valence-corrected chi connectivity index (χ1v) is 10.3. The molecule has 0 unspecified atom stereocenters. The average Bonchev–Trinajstić information content (AvgIpc) is 3.25. The third-order valence-electron chi connectivity index (χ3n) is 4.18. The van der Waals surface area contributed by atoms with Gasteiger partial charge in [0.1, 0.15) is 23.4 Å². The number of anilines is 3. The number of nitrogens with one attached hydrogen (secondary N) is 3. The highest BCUT2D eigenvalue weighted by Gasteiger charge is 2.18. The van der Waals surface area contributed by atoms with Gasteiger partial charge in [-0.05, 0) is 30.7 Å². The first-order valence-electron chi connectivity index (χ1n) is 8.97. The number of halogens is 3. The fourth-order valence-corrected chi connectivity index (χ4v) is 3.65. The van der Waals surface area contributed by atoms with Gasteiger partial charge in [0, 0.05) is 17.5 Å². The molecule has 0 fully saturated rings. The van der Waals surface area contributed by atoms with Crippen LogP contribution < -0.4 is 10.0 Å². The molecule has 3 aromatic heterocycles. The molecule has 0 amide bonds. The number of aromatic nitrogens is 5. The smallest absolute Gasteiger partial charge is 0.181 e. The van der Waals surface area contributed by atoms with E-state index in [1.807, 2.05) is 0 Å². The van der Waals surface area contributed by atoms with Crippen molar-refractivity contribution in [1.82, 2.24) is 24.9 Å². The highest BCUT2D eigenvalue weighted by atomic mass is 35.5. The predicted molar refractivity (Wildman–Crippen MR) is 116 cm³/mol. The van der Waals surface area contributed by atoms with Gasteiger partial charge in [0.25, 0.3) is 0 Å². The number of rotatable bonds is 8. The number of fused-ring (bicyclic) bond motifs is 1. The third-order valence-corrected chi connectivity index (χ3v) is 5.35. The minimum Gasteiger partial charge on any atom is -0.341 e. The van der Waals surface area contributed by atoms with Crippen LogP contribution in [0.15, 0.2) is 43.1 Å². The van der Waals surface area contributed by atoms with Crippen molar-refractivity contribution >= 4 is 51.9 Å². The van der Waals surface area contributed by atoms with Crippen molar-refractivity contribution in [3.63, 3.8) is 0 Å². The SMILES string of the molecule is FCCCSNc1ccc(Cl)c(Nc2ncccc2-c2ncnc3nc[nH]c23)c1F. The van der Waals surface area contributed by atoms with Gasteiger partial charge < -0.3 is 15.0 Å². The van der Waals surface area contributed by atoms with Gasteiger partial charge in [-0.3, -0.25) is 4.39 Å². The van der Waals surface area contributed by atoms with Crippen molar-refractivity contribution in [2.45, 2.75) is 6.42 Å². The molecule has 0 saturated heterocycles. The van der Waals surface area contributed by atoms with Gasteiger partial charge >= 0.3 is 0 Å². The van der Waals surface area contributed by atoms with E-state index in [2.05, 4.69) is 35.0 Å². The summed E-state index contributed by atoms with van der Waals surface area (Å²) < 4.78 is 30.2. The van der Waals surface area contributed by atoms with Gasteiger partial charge in [0.05, 0.1) is 29.4 Å². The highest BCUT2D eigenvalue weighted by molar-refractivity contribution is 8.00. The average molecular weight is 448 g/mol. The van der Waals surface area contributed by atoms with Gasteiger partial charge in [0.2, 0.25) is 0 Å². The van der Waals surface area contributed by atoms with Gasteiger partial charge in [-0.15, -0.1) is 0 Å². The Kier molecular flexibility index (Phi) is 6.24. The monoisotopic (exact) mass is 447 g/mol. The van der Waals surface area contributed by atoms with Crippen LogP contribution in [-0.2, 0) is 0 Å². The van der Waals surface area contributed by atoms with Crippen LogP contribution in [0, 0.1) is 5.82 Å². The Morgan fingerprint density at radius 2 is 2.03 bits per heavy atom. The van der Waals surface area contributed by atoms with Crippen molar-refractivity contribution in [2.75, 3.05) is 22.5 Å². The van der Waals surface area contributed by atoms with Crippen LogP contribution in [0.25, 0.3) is 22.4 Å². The lowest BCUT2D eigenvalue weighted by molar-refractivity contribution is 0.489. The number of hydrogen-bond acceptors (Lipinski definition) is 7. The molecule has 1 aromatic carbocycles. The van der Waals surface area contributed by atoms with E-state index in [0.717, 1.165) is 0 Å². The molecule has 30 heavy (non-hydrogen) atoms. The minimum atomic E-state index is -0.568. The normalized spacial score (nSPS) is 11.0. The van der Waals surface area contributed by atoms with Crippen LogP contribution in [0.3, 0.4) is 0 Å². The first-order chi connectivity index (χ1) is 14.7. The van der Waals surface area contributed by atoms with Crippen LogP contribution in [0.1, 0.15) is 6.42 Å². The molecule has 3 heterocycles. The maximum absolute atomic E-state index is 15.1. The summed E-state index contributed by atoms with van der Waals surface area (Å²) in [7, 11) is 0. The number of pyridine rings is 1. The first kappa shape index (κ1) is 20.3. The Morgan fingerprint density at radius 3 is 2.90 bits per heavy atom. The summed E-state index contributed by atoms with van der Waals surface area (Å²) in [5.41, 5.74) is 2.65. The van der Waals surface area contributed by atoms with Crippen molar-refractivity contribution in [2.24, 2.45) is 0 Å². The lowest BCUT2D eigenvalue weighted by Crippen LogP contribution is -2.03. The van der Waals surface area contributed by atoms with Gasteiger partial charge in [-0.25, -0.2) is 24.3 Å². The molecular weight excluding hydrogens is 432 g/mol. The van der Waals surface area contributed by atoms with Crippen LogP contribution in [-0.4, -0.2) is 37.3 Å². The summed E-state index contributed by atoms with van der Waals surface area (Å²) in [5.74, 6) is 0.316. The number of imidazole rings is 1. The molecule has 4 aromatic rings. The second kappa shape index (κ2) is 9.23. The van der Waals surface area contributed by atoms with Crippen molar-refractivity contribution in [3.8, 4) is 11.3 Å². The summed E-state index contributed by atoms with van der Waals surface area (Å²) >= 11 is 7.48. The topological polar surface area (TPSA) is 91.4 Å². The summed E-state index contributed by atoms with van der Waals surface area (Å²) in [6.07, 6.45) is 4.90. The van der Waals surface area contributed by atoms with E-state index >= 15 is 4.39 Å². The summed E-state index contributed by atoms with van der Waals surface area (Å²) in [6, 6.07) is 6.66. The van der Waals surface area contributed by atoms with E-state index in [-0.39, 0.29) is 16.4 Å². The summed E-state index contributed by atoms with van der Waals surface area (Å²) in [4.78, 5) is 19.9. The van der Waals surface area contributed by atoms with E-state index in [1.165, 1.54) is 30.7 Å². The van der Waals surface area contributed by atoms with E-state index < -0.39 is 12.5 Å². The molecule has 154 valence electrons. The Hall–Kier alpha value is -2.98. The quantitative estimate of drug-likeness (QED) is 0.247. The number of benzene rings is 1. The fraction of sp³-hybridized carbons (Fsp3) is 0.158. The lowest BCUT2D eigenvalue weighted by atomic mass is 10.1. The lowest BCUT2D eigenvalue weighted by Gasteiger charge is -2.15. The number of alkyl halides is 1. The summed E-state index contributed by atoms with van der Waals surface area (Å²) in [5, 5.41) is 3.18. The Morgan fingerprint density at radius 1 is 1.13 bits per heavy atom. The number of H-pyrrole nitrogens is 1. The maximum atomic E-state index is 15.1. The van der Waals surface area contributed by atoms with Crippen molar-refractivity contribution in [1.29, 1.82) is 0 Å². The van der Waals surface area contributed by atoms with Gasteiger partial charge in [0.15, 0.2) is 11.5 Å². The molecule has 11 heteroatoms. The number of nitrogens with zero attached hydrogens (tertiary/aromatic N) is 4. The molecule has 0 aliphatic carbocycles. The zero-order valence-electron chi connectivity index (χ0n) is 15.5.